The molecule has 0 radical (unpaired) electrons. The molecule has 50 heavy (non-hydrogen) atoms. The molecule has 0 aliphatic heterocycles. The van der Waals surface area contributed by atoms with Gasteiger partial charge in [0.05, 0.1) is 15.7 Å². The van der Waals surface area contributed by atoms with E-state index in [-0.39, 0.29) is 0 Å². The SMILES string of the molecule is C1=Cc2c(c3ccccc3c3ccc(-c4cccc(-c5ccc6sc7cnc(-n8c9ccccc9c9ccccc98)cc7c6c5)c4)cc23)CC1. The number of rotatable bonds is 3. The number of pyridine rings is 1. The van der Waals surface area contributed by atoms with Crippen molar-refractivity contribution in [1.29, 1.82) is 0 Å². The Morgan fingerprint density at radius 1 is 0.480 bits per heavy atom. The van der Waals surface area contributed by atoms with Crippen molar-refractivity contribution in [3.05, 3.63) is 163 Å². The lowest BCUT2D eigenvalue weighted by atomic mass is 9.85. The quantitative estimate of drug-likeness (QED) is 0.173. The molecule has 0 unspecified atom stereocenters. The lowest BCUT2D eigenvalue weighted by molar-refractivity contribution is 1.00. The second-order valence-corrected chi connectivity index (χ2v) is 14.5. The largest absolute Gasteiger partial charge is 0.294 e. The lowest BCUT2D eigenvalue weighted by Gasteiger charge is -2.18. The maximum absolute atomic E-state index is 5.00. The smallest absolute Gasteiger partial charge is 0.138 e. The van der Waals surface area contributed by atoms with Crippen LogP contribution in [-0.2, 0) is 6.42 Å². The average molecular weight is 655 g/mol. The van der Waals surface area contributed by atoms with Crippen molar-refractivity contribution < 1.29 is 0 Å². The summed E-state index contributed by atoms with van der Waals surface area (Å²) in [7, 11) is 0. The molecule has 10 aromatic rings. The van der Waals surface area contributed by atoms with E-state index in [0.717, 1.165) is 18.7 Å². The first-order valence-electron chi connectivity index (χ1n) is 17.3. The number of hydrogen-bond donors (Lipinski definition) is 0. The van der Waals surface area contributed by atoms with Gasteiger partial charge >= 0.3 is 0 Å². The van der Waals surface area contributed by atoms with Crippen molar-refractivity contribution in [2.24, 2.45) is 0 Å². The second kappa shape index (κ2) is 10.7. The zero-order valence-corrected chi connectivity index (χ0v) is 28.0. The Bertz CT molecular complexity index is 2990. The van der Waals surface area contributed by atoms with Crippen LogP contribution in [0, 0.1) is 0 Å². The molecule has 0 N–H and O–H groups in total. The predicted molar refractivity (Wildman–Crippen MR) is 215 cm³/mol. The molecule has 3 aromatic heterocycles. The third kappa shape index (κ3) is 4.11. The van der Waals surface area contributed by atoms with Crippen LogP contribution in [-0.4, -0.2) is 9.55 Å². The van der Waals surface area contributed by atoms with Crippen molar-refractivity contribution >= 4 is 80.9 Å². The van der Waals surface area contributed by atoms with Gasteiger partial charge in [-0.05, 0) is 110 Å². The maximum atomic E-state index is 5.00. The highest BCUT2D eigenvalue weighted by Gasteiger charge is 2.17. The fourth-order valence-electron chi connectivity index (χ4n) is 8.38. The molecule has 0 saturated carbocycles. The van der Waals surface area contributed by atoms with Crippen molar-refractivity contribution in [3.63, 3.8) is 0 Å². The van der Waals surface area contributed by atoms with Crippen molar-refractivity contribution in [2.75, 3.05) is 0 Å². The Morgan fingerprint density at radius 3 is 1.88 bits per heavy atom. The Hall–Kier alpha value is -6.03. The molecule has 2 nitrogen and oxygen atoms in total. The van der Waals surface area contributed by atoms with Crippen LogP contribution in [0.3, 0.4) is 0 Å². The van der Waals surface area contributed by atoms with Gasteiger partial charge in [-0.15, -0.1) is 11.3 Å². The number of thiophene rings is 1. The van der Waals surface area contributed by atoms with Gasteiger partial charge in [-0.1, -0.05) is 109 Å². The van der Waals surface area contributed by atoms with E-state index in [1.807, 2.05) is 11.3 Å². The molecule has 3 heterocycles. The van der Waals surface area contributed by atoms with Gasteiger partial charge in [-0.25, -0.2) is 4.98 Å². The molecule has 1 aliphatic carbocycles. The van der Waals surface area contributed by atoms with Gasteiger partial charge in [0.25, 0.3) is 0 Å². The van der Waals surface area contributed by atoms with Crippen LogP contribution in [0.4, 0.5) is 0 Å². The summed E-state index contributed by atoms with van der Waals surface area (Å²) in [6.07, 6.45) is 8.92. The summed E-state index contributed by atoms with van der Waals surface area (Å²) in [5, 5.41) is 10.4. The van der Waals surface area contributed by atoms with Gasteiger partial charge in [-0.3, -0.25) is 4.57 Å². The van der Waals surface area contributed by atoms with Crippen molar-refractivity contribution in [3.8, 4) is 28.1 Å². The van der Waals surface area contributed by atoms with E-state index in [1.165, 1.54) is 96.9 Å². The van der Waals surface area contributed by atoms with E-state index in [2.05, 4.69) is 162 Å². The predicted octanol–water partition coefficient (Wildman–Crippen LogP) is 13.1. The molecule has 234 valence electrons. The van der Waals surface area contributed by atoms with Gasteiger partial charge in [0, 0.05) is 32.4 Å². The normalized spacial score (nSPS) is 13.0. The number of fused-ring (bicyclic) bond motifs is 12. The fourth-order valence-corrected chi connectivity index (χ4v) is 9.42. The minimum absolute atomic E-state index is 0.947. The summed E-state index contributed by atoms with van der Waals surface area (Å²) in [4.78, 5) is 5.00. The van der Waals surface area contributed by atoms with E-state index >= 15 is 0 Å². The number of aromatic nitrogens is 2. The van der Waals surface area contributed by atoms with Crippen LogP contribution in [0.25, 0.3) is 97.7 Å². The first-order chi connectivity index (χ1) is 24.8. The summed E-state index contributed by atoms with van der Waals surface area (Å²) in [5.74, 6) is 0.947. The summed E-state index contributed by atoms with van der Waals surface area (Å²) in [6.45, 7) is 0. The fraction of sp³-hybridized carbons (Fsp3) is 0.0426. The van der Waals surface area contributed by atoms with Gasteiger partial charge in [-0.2, -0.15) is 0 Å². The molecule has 1 aliphatic rings. The van der Waals surface area contributed by atoms with Crippen LogP contribution in [0.5, 0.6) is 0 Å². The topological polar surface area (TPSA) is 17.8 Å². The van der Waals surface area contributed by atoms with Crippen LogP contribution in [0.1, 0.15) is 17.5 Å². The van der Waals surface area contributed by atoms with E-state index in [4.69, 9.17) is 4.98 Å². The average Bonchev–Trinajstić information content (AvgIpc) is 3.73. The number of benzene rings is 7. The zero-order valence-electron chi connectivity index (χ0n) is 27.2. The first-order valence-corrected chi connectivity index (χ1v) is 18.2. The number of para-hydroxylation sites is 2. The van der Waals surface area contributed by atoms with E-state index < -0.39 is 0 Å². The second-order valence-electron chi connectivity index (χ2n) is 13.4. The van der Waals surface area contributed by atoms with Gasteiger partial charge in [0.15, 0.2) is 0 Å². The number of nitrogens with zero attached hydrogens (tertiary/aromatic N) is 2. The maximum Gasteiger partial charge on any atom is 0.138 e. The summed E-state index contributed by atoms with van der Waals surface area (Å²) >= 11 is 1.81. The highest BCUT2D eigenvalue weighted by molar-refractivity contribution is 7.25. The van der Waals surface area contributed by atoms with Crippen LogP contribution >= 0.6 is 11.3 Å². The minimum atomic E-state index is 0.947. The standard InChI is InChI=1S/C47H30N2S/c1-2-14-35-33(12-1)34-13-3-4-15-36(34)40-25-31(20-22-37(35)40)29-10-9-11-30(24-29)32-21-23-45-41(26-32)42-27-47(48-28-46(42)50-45)49-43-18-7-5-16-38(43)39-17-6-8-19-44(39)49/h1-2,4-12,14-28H,3,13H2. The highest BCUT2D eigenvalue weighted by Crippen LogP contribution is 2.41. The van der Waals surface area contributed by atoms with Crippen LogP contribution in [0.15, 0.2) is 152 Å². The highest BCUT2D eigenvalue weighted by atomic mass is 32.1. The van der Waals surface area contributed by atoms with Crippen molar-refractivity contribution in [1.82, 2.24) is 9.55 Å². The van der Waals surface area contributed by atoms with Gasteiger partial charge < -0.3 is 0 Å². The summed E-state index contributed by atoms with van der Waals surface area (Å²) in [5.41, 5.74) is 10.1. The van der Waals surface area contributed by atoms with Crippen LogP contribution in [0.2, 0.25) is 0 Å². The molecule has 0 fully saturated rings. The molecule has 0 spiro atoms. The Balaban J connectivity index is 1.04. The van der Waals surface area contributed by atoms with Crippen molar-refractivity contribution in [2.45, 2.75) is 12.8 Å². The minimum Gasteiger partial charge on any atom is -0.294 e. The Labute approximate surface area is 293 Å². The monoisotopic (exact) mass is 654 g/mol. The molecule has 0 amide bonds. The Morgan fingerprint density at radius 2 is 1.10 bits per heavy atom. The van der Waals surface area contributed by atoms with E-state index in [1.54, 1.807) is 0 Å². The first kappa shape index (κ1) is 27.9. The molecule has 7 aromatic carbocycles. The third-order valence-electron chi connectivity index (χ3n) is 10.7. The molecular weight excluding hydrogens is 625 g/mol. The summed E-state index contributed by atoms with van der Waals surface area (Å²) < 4.78 is 4.79. The lowest BCUT2D eigenvalue weighted by Crippen LogP contribution is -1.98. The third-order valence-corrected chi connectivity index (χ3v) is 11.8. The molecular formula is C47H30N2S. The molecule has 11 rings (SSSR count). The summed E-state index contributed by atoms with van der Waals surface area (Å²) in [6, 6.07) is 51.4. The molecule has 0 saturated heterocycles. The molecule has 0 atom stereocenters. The number of aryl methyl sites for hydroxylation is 1. The molecule has 0 bridgehead atoms. The van der Waals surface area contributed by atoms with Crippen LogP contribution < -0.4 is 0 Å². The Kier molecular flexibility index (Phi) is 5.98. The number of hydrogen-bond acceptors (Lipinski definition) is 2. The number of allylic oxidation sites excluding steroid dienone is 1. The van der Waals surface area contributed by atoms with E-state index in [0.29, 0.717) is 0 Å². The van der Waals surface area contributed by atoms with Gasteiger partial charge in [0.1, 0.15) is 5.82 Å². The van der Waals surface area contributed by atoms with Gasteiger partial charge in [0.2, 0.25) is 0 Å². The molecule has 3 heteroatoms. The van der Waals surface area contributed by atoms with E-state index in [9.17, 15) is 0 Å². The zero-order chi connectivity index (χ0) is 32.8.